The van der Waals surface area contributed by atoms with E-state index in [9.17, 15) is 0 Å². The Balaban J connectivity index is 1.89. The quantitative estimate of drug-likeness (QED) is 0.613. The number of nitrogens with zero attached hydrogens (tertiary/aromatic N) is 5. The standard InChI is InChI=1S/C16H20N8O/c1-24(2)7-8-25-10-5-3-9(4-6-10)11-13(17)21-15-12(20-11)14(18)22-16(19)23-15/h3-6H,7-8H2,1-2H3,(H6,17,18,19,21,22,23). The molecule has 9 heteroatoms. The van der Waals surface area contributed by atoms with E-state index < -0.39 is 0 Å². The van der Waals surface area contributed by atoms with Gasteiger partial charge >= 0.3 is 0 Å². The summed E-state index contributed by atoms with van der Waals surface area (Å²) in [5.74, 6) is 1.21. The molecule has 6 N–H and O–H groups in total. The molecule has 0 atom stereocenters. The van der Waals surface area contributed by atoms with E-state index in [1.165, 1.54) is 0 Å². The molecule has 25 heavy (non-hydrogen) atoms. The van der Waals surface area contributed by atoms with Gasteiger partial charge in [0.1, 0.15) is 18.1 Å². The first-order chi connectivity index (χ1) is 11.9. The largest absolute Gasteiger partial charge is 0.492 e. The second kappa shape index (κ2) is 6.73. The van der Waals surface area contributed by atoms with Gasteiger partial charge in [-0.15, -0.1) is 0 Å². The molecule has 2 heterocycles. The number of benzene rings is 1. The fraction of sp³-hybridized carbons (Fsp3) is 0.250. The van der Waals surface area contributed by atoms with E-state index in [0.29, 0.717) is 17.8 Å². The van der Waals surface area contributed by atoms with E-state index in [4.69, 9.17) is 21.9 Å². The number of likely N-dealkylation sites (N-methyl/N-ethyl adjacent to an activating group) is 1. The second-order valence-corrected chi connectivity index (χ2v) is 5.77. The third-order valence-corrected chi connectivity index (χ3v) is 3.54. The van der Waals surface area contributed by atoms with Crippen LogP contribution >= 0.6 is 0 Å². The predicted octanol–water partition coefficient (Wildman–Crippen LogP) is 0.774. The van der Waals surface area contributed by atoms with Crippen molar-refractivity contribution in [2.45, 2.75) is 0 Å². The highest BCUT2D eigenvalue weighted by atomic mass is 16.5. The number of aromatic nitrogens is 4. The van der Waals surface area contributed by atoms with Gasteiger partial charge in [0.25, 0.3) is 0 Å². The van der Waals surface area contributed by atoms with Crippen molar-refractivity contribution in [1.29, 1.82) is 0 Å². The Morgan fingerprint density at radius 2 is 1.64 bits per heavy atom. The van der Waals surface area contributed by atoms with Crippen molar-refractivity contribution in [3.8, 4) is 17.0 Å². The van der Waals surface area contributed by atoms with Crippen LogP contribution < -0.4 is 21.9 Å². The number of fused-ring (bicyclic) bond motifs is 1. The monoisotopic (exact) mass is 340 g/mol. The van der Waals surface area contributed by atoms with Crippen LogP contribution in [0.2, 0.25) is 0 Å². The highest BCUT2D eigenvalue weighted by Gasteiger charge is 2.13. The van der Waals surface area contributed by atoms with Crippen LogP contribution in [0.15, 0.2) is 24.3 Å². The molecular formula is C16H20N8O. The topological polar surface area (TPSA) is 142 Å². The first kappa shape index (κ1) is 16.7. The van der Waals surface area contributed by atoms with E-state index in [2.05, 4.69) is 24.8 Å². The number of ether oxygens (including phenoxy) is 1. The number of nitrogens with two attached hydrogens (primary N) is 3. The third kappa shape index (κ3) is 3.66. The first-order valence-electron chi connectivity index (χ1n) is 7.68. The van der Waals surface area contributed by atoms with Gasteiger partial charge in [-0.05, 0) is 38.4 Å². The van der Waals surface area contributed by atoms with Crippen LogP contribution in [0.3, 0.4) is 0 Å². The minimum absolute atomic E-state index is 0.0330. The summed E-state index contributed by atoms with van der Waals surface area (Å²) in [6.07, 6.45) is 0. The molecule has 3 aromatic rings. The number of anilines is 3. The lowest BCUT2D eigenvalue weighted by Crippen LogP contribution is -2.19. The second-order valence-electron chi connectivity index (χ2n) is 5.77. The lowest BCUT2D eigenvalue weighted by Gasteiger charge is -2.11. The fourth-order valence-electron chi connectivity index (χ4n) is 2.27. The van der Waals surface area contributed by atoms with E-state index in [1.807, 2.05) is 38.4 Å². The van der Waals surface area contributed by atoms with Gasteiger partial charge in [-0.3, -0.25) is 0 Å². The number of rotatable bonds is 5. The third-order valence-electron chi connectivity index (χ3n) is 3.54. The molecule has 0 spiro atoms. The predicted molar refractivity (Wildman–Crippen MR) is 97.9 cm³/mol. The van der Waals surface area contributed by atoms with Gasteiger partial charge in [-0.25, -0.2) is 9.97 Å². The zero-order valence-electron chi connectivity index (χ0n) is 14.1. The van der Waals surface area contributed by atoms with Crippen LogP contribution in [0.4, 0.5) is 17.6 Å². The first-order valence-corrected chi connectivity index (χ1v) is 7.68. The molecular weight excluding hydrogens is 320 g/mol. The van der Waals surface area contributed by atoms with Crippen molar-refractivity contribution in [2.24, 2.45) is 0 Å². The number of hydrogen-bond donors (Lipinski definition) is 3. The van der Waals surface area contributed by atoms with Crippen molar-refractivity contribution < 1.29 is 4.74 Å². The molecule has 0 fully saturated rings. The summed E-state index contributed by atoms with van der Waals surface area (Å²) in [4.78, 5) is 18.7. The lowest BCUT2D eigenvalue weighted by molar-refractivity contribution is 0.261. The molecule has 0 aliphatic rings. The Labute approximate surface area is 144 Å². The van der Waals surface area contributed by atoms with Crippen LogP contribution in [0.25, 0.3) is 22.4 Å². The molecule has 0 aliphatic heterocycles. The average Bonchev–Trinajstić information content (AvgIpc) is 2.54. The normalized spacial score (nSPS) is 11.2. The number of nitrogen functional groups attached to an aromatic ring is 3. The van der Waals surface area contributed by atoms with Crippen LogP contribution in [0.5, 0.6) is 5.75 Å². The van der Waals surface area contributed by atoms with E-state index >= 15 is 0 Å². The fourth-order valence-corrected chi connectivity index (χ4v) is 2.27. The van der Waals surface area contributed by atoms with Gasteiger partial charge < -0.3 is 26.8 Å². The maximum atomic E-state index is 6.02. The van der Waals surface area contributed by atoms with E-state index in [1.54, 1.807) is 0 Å². The van der Waals surface area contributed by atoms with Crippen LogP contribution in [-0.2, 0) is 0 Å². The van der Waals surface area contributed by atoms with Crippen molar-refractivity contribution in [3.63, 3.8) is 0 Å². The van der Waals surface area contributed by atoms with Gasteiger partial charge in [0.15, 0.2) is 22.8 Å². The summed E-state index contributed by atoms with van der Waals surface area (Å²) in [5, 5.41) is 0. The molecule has 0 amide bonds. The summed E-state index contributed by atoms with van der Waals surface area (Å²) in [5.41, 5.74) is 19.4. The van der Waals surface area contributed by atoms with Gasteiger partial charge in [-0.1, -0.05) is 0 Å². The Morgan fingerprint density at radius 3 is 2.32 bits per heavy atom. The maximum Gasteiger partial charge on any atom is 0.224 e. The van der Waals surface area contributed by atoms with Gasteiger partial charge in [0.2, 0.25) is 5.95 Å². The van der Waals surface area contributed by atoms with Gasteiger partial charge in [0, 0.05) is 12.1 Å². The van der Waals surface area contributed by atoms with Crippen LogP contribution in [-0.4, -0.2) is 52.1 Å². The average molecular weight is 340 g/mol. The summed E-state index contributed by atoms with van der Waals surface area (Å²) in [6.45, 7) is 1.45. The summed E-state index contributed by atoms with van der Waals surface area (Å²) >= 11 is 0. The molecule has 0 aliphatic carbocycles. The molecule has 0 unspecified atom stereocenters. The lowest BCUT2D eigenvalue weighted by atomic mass is 10.1. The zero-order valence-corrected chi connectivity index (χ0v) is 14.1. The van der Waals surface area contributed by atoms with Gasteiger partial charge in [-0.2, -0.15) is 9.97 Å². The highest BCUT2D eigenvalue weighted by Crippen LogP contribution is 2.27. The molecule has 0 radical (unpaired) electrons. The van der Waals surface area contributed by atoms with Crippen LogP contribution in [0, 0.1) is 0 Å². The molecule has 1 aromatic carbocycles. The Kier molecular flexibility index (Phi) is 4.48. The zero-order chi connectivity index (χ0) is 18.0. The SMILES string of the molecule is CN(C)CCOc1ccc(-c2nc3c(N)nc(N)nc3nc2N)cc1. The van der Waals surface area contributed by atoms with Crippen molar-refractivity contribution in [3.05, 3.63) is 24.3 Å². The number of hydrogen-bond acceptors (Lipinski definition) is 9. The molecule has 9 nitrogen and oxygen atoms in total. The summed E-state index contributed by atoms with van der Waals surface area (Å²) in [7, 11) is 3.99. The molecule has 0 saturated heterocycles. The van der Waals surface area contributed by atoms with Crippen molar-refractivity contribution in [1.82, 2.24) is 24.8 Å². The maximum absolute atomic E-state index is 6.02. The minimum Gasteiger partial charge on any atom is -0.492 e. The smallest absolute Gasteiger partial charge is 0.224 e. The van der Waals surface area contributed by atoms with Crippen molar-refractivity contribution in [2.75, 3.05) is 44.4 Å². The Hall–Kier alpha value is -3.20. The Bertz CT molecular complexity index is 895. The molecule has 0 bridgehead atoms. The Morgan fingerprint density at radius 1 is 0.920 bits per heavy atom. The molecule has 3 rings (SSSR count). The molecule has 0 saturated carbocycles. The molecule has 130 valence electrons. The summed E-state index contributed by atoms with van der Waals surface area (Å²) in [6, 6.07) is 7.45. The van der Waals surface area contributed by atoms with Crippen molar-refractivity contribution >= 4 is 28.7 Å². The van der Waals surface area contributed by atoms with Gasteiger partial charge in [0.05, 0.1) is 0 Å². The van der Waals surface area contributed by atoms with E-state index in [-0.39, 0.29) is 23.2 Å². The highest BCUT2D eigenvalue weighted by molar-refractivity contribution is 5.87. The minimum atomic E-state index is 0.0330. The summed E-state index contributed by atoms with van der Waals surface area (Å²) < 4.78 is 5.68. The van der Waals surface area contributed by atoms with E-state index in [0.717, 1.165) is 17.9 Å². The molecule has 2 aromatic heterocycles. The van der Waals surface area contributed by atoms with Crippen LogP contribution in [0.1, 0.15) is 0 Å².